The molecule has 0 bridgehead atoms. The van der Waals surface area contributed by atoms with Crippen molar-refractivity contribution in [2.24, 2.45) is 0 Å². The molecule has 0 amide bonds. The number of carboxylic acids is 1. The van der Waals surface area contributed by atoms with Crippen molar-refractivity contribution in [3.63, 3.8) is 0 Å². The Balaban J connectivity index is 3.50. The van der Waals surface area contributed by atoms with E-state index in [1.165, 1.54) is 0 Å². The molecule has 0 atom stereocenters. The Hall–Kier alpha value is -5.34. The second kappa shape index (κ2) is 57.9. The van der Waals surface area contributed by atoms with Crippen molar-refractivity contribution in [3.8, 4) is 0 Å². The molecule has 0 rings (SSSR count). The molecule has 0 unspecified atom stereocenters. The highest BCUT2D eigenvalue weighted by atomic mass is 16.6. The lowest BCUT2D eigenvalue weighted by Crippen LogP contribution is -2.09. The predicted octanol–water partition coefficient (Wildman–Crippen LogP) is 10.6. The summed E-state index contributed by atoms with van der Waals surface area (Å²) >= 11 is 0. The van der Waals surface area contributed by atoms with Crippen LogP contribution in [0.2, 0.25) is 0 Å². The maximum atomic E-state index is 12.1. The zero-order chi connectivity index (χ0) is 59.5. The summed E-state index contributed by atoms with van der Waals surface area (Å²) < 4.78 is 47.2. The first-order valence-corrected chi connectivity index (χ1v) is 30.6. The van der Waals surface area contributed by atoms with Gasteiger partial charge < -0.3 is 52.8 Å². The number of aliphatic hydroxyl groups excluding tert-OH is 1. The fourth-order valence-corrected chi connectivity index (χ4v) is 7.82. The van der Waals surface area contributed by atoms with Crippen LogP contribution < -0.4 is 0 Å². The first-order valence-electron chi connectivity index (χ1n) is 30.6. The lowest BCUT2D eigenvalue weighted by atomic mass is 10.2. The number of rotatable bonds is 59. The minimum absolute atomic E-state index is 0.120. The van der Waals surface area contributed by atoms with E-state index >= 15 is 0 Å². The molecule has 0 fully saturated rings. The summed E-state index contributed by atoms with van der Waals surface area (Å²) in [7, 11) is 0. The van der Waals surface area contributed by atoms with E-state index in [9.17, 15) is 47.9 Å². The average molecular weight is 1160 g/mol. The van der Waals surface area contributed by atoms with Gasteiger partial charge in [-0.25, -0.2) is 0 Å². The van der Waals surface area contributed by atoms with E-state index in [2.05, 4.69) is 0 Å². The van der Waals surface area contributed by atoms with Crippen LogP contribution in [0.15, 0.2) is 0 Å². The minimum Gasteiger partial charge on any atom is -0.481 e. The number of ether oxygens (including phenoxy) is 9. The lowest BCUT2D eigenvalue weighted by Gasteiger charge is -2.07. The van der Waals surface area contributed by atoms with E-state index in [1.54, 1.807) is 0 Å². The van der Waals surface area contributed by atoms with Crippen LogP contribution in [-0.2, 0) is 90.6 Å². The highest BCUT2D eigenvalue weighted by Gasteiger charge is 2.11. The van der Waals surface area contributed by atoms with Gasteiger partial charge in [0.1, 0.15) is 0 Å². The van der Waals surface area contributed by atoms with E-state index < -0.39 is 5.97 Å². The van der Waals surface area contributed by atoms with E-state index in [4.69, 9.17) is 52.8 Å². The summed E-state index contributed by atoms with van der Waals surface area (Å²) in [5, 5.41) is 17.4. The summed E-state index contributed by atoms with van der Waals surface area (Å²) in [5.74, 6) is -3.26. The zero-order valence-electron chi connectivity index (χ0n) is 49.0. The number of hydrogen-bond donors (Lipinski definition) is 2. The zero-order valence-corrected chi connectivity index (χ0v) is 49.0. The van der Waals surface area contributed by atoms with Gasteiger partial charge in [-0.2, -0.15) is 0 Å². The molecule has 0 heterocycles. The highest BCUT2D eigenvalue weighted by molar-refractivity contribution is 5.72. The van der Waals surface area contributed by atoms with Crippen LogP contribution in [0, 0.1) is 0 Å². The largest absolute Gasteiger partial charge is 0.481 e. The smallest absolute Gasteiger partial charge is 0.305 e. The number of carboxylic acid groups (broad SMARTS) is 1. The molecule has 2 N–H and O–H groups in total. The Morgan fingerprint density at radius 3 is 0.457 bits per heavy atom. The molecular formula is C60H102O21. The minimum atomic E-state index is -0.827. The molecule has 0 aliphatic carbocycles. The van der Waals surface area contributed by atoms with Gasteiger partial charge >= 0.3 is 59.7 Å². The van der Waals surface area contributed by atoms with Gasteiger partial charge in [0.15, 0.2) is 0 Å². The molecule has 21 nitrogen and oxygen atoms in total. The molecule has 0 saturated carbocycles. The maximum Gasteiger partial charge on any atom is 0.305 e. The number of carbonyl (C=O) groups is 10. The van der Waals surface area contributed by atoms with E-state index in [1.807, 2.05) is 0 Å². The Kier molecular flexibility index (Phi) is 54.1. The number of aliphatic carboxylic acids is 1. The van der Waals surface area contributed by atoms with Crippen LogP contribution in [-0.4, -0.2) is 136 Å². The van der Waals surface area contributed by atoms with Crippen molar-refractivity contribution in [2.75, 3.05) is 66.1 Å². The number of carbonyl (C=O) groups excluding carboxylic acids is 9. The first-order chi connectivity index (χ1) is 39.3. The van der Waals surface area contributed by atoms with Crippen molar-refractivity contribution >= 4 is 59.7 Å². The van der Waals surface area contributed by atoms with Gasteiger partial charge in [-0.05, 0) is 186 Å². The van der Waals surface area contributed by atoms with Crippen LogP contribution in [0.1, 0.15) is 257 Å². The number of aliphatic hydroxyl groups is 1. The molecule has 81 heavy (non-hydrogen) atoms. The molecule has 0 aromatic carbocycles. The van der Waals surface area contributed by atoms with Gasteiger partial charge in [0.25, 0.3) is 0 Å². The van der Waals surface area contributed by atoms with Gasteiger partial charge in [0.2, 0.25) is 0 Å². The van der Waals surface area contributed by atoms with Gasteiger partial charge in [0.05, 0.1) is 59.5 Å². The fraction of sp³-hybridized carbons (Fsp3) is 0.833. The quantitative estimate of drug-likeness (QED) is 0.0325. The molecule has 21 heteroatoms. The van der Waals surface area contributed by atoms with Crippen LogP contribution >= 0.6 is 0 Å². The molecular weight excluding hydrogens is 1060 g/mol. The van der Waals surface area contributed by atoms with Gasteiger partial charge in [-0.1, -0.05) is 6.42 Å². The standard InChI is InChI=1S/C60H102O21/c61-41-21-1-12-32-52(64)74-43-23-3-14-34-54(66)76-45-25-5-16-36-56(68)78-47-27-7-18-38-58(70)80-49-29-9-20-40-60(72)81-50-30-10-19-39-59(71)79-48-28-8-17-37-57(69)77-46-26-6-15-35-55(67)75-44-24-4-13-33-53(65)73-42-22-2-11-31-51(62)63/h61H,1-50H2,(H,62,63). The Labute approximate surface area is 481 Å². The third-order valence-electron chi connectivity index (χ3n) is 12.6. The van der Waals surface area contributed by atoms with Crippen molar-refractivity contribution < 1.29 is 101 Å². The van der Waals surface area contributed by atoms with Crippen molar-refractivity contribution in [1.82, 2.24) is 0 Å². The average Bonchev–Trinajstić information content (AvgIpc) is 3.43. The maximum absolute atomic E-state index is 12.1. The summed E-state index contributed by atoms with van der Waals surface area (Å²) in [5.41, 5.74) is 0. The van der Waals surface area contributed by atoms with Gasteiger partial charge in [0, 0.05) is 70.8 Å². The third kappa shape index (κ3) is 59.1. The molecule has 0 aromatic heterocycles. The number of hydrogen-bond acceptors (Lipinski definition) is 20. The monoisotopic (exact) mass is 1160 g/mol. The topological polar surface area (TPSA) is 294 Å². The van der Waals surface area contributed by atoms with E-state index in [-0.39, 0.29) is 125 Å². The summed E-state index contributed by atoms with van der Waals surface area (Å²) in [6.07, 6.45) is 23.1. The summed E-state index contributed by atoms with van der Waals surface area (Å²) in [6, 6.07) is 0. The SMILES string of the molecule is O=C(O)CCCCCOC(=O)CCCCCOC(=O)CCCCCOC(=O)CCCCCOC(=O)CCCCCOC(=O)CCCCCOC(=O)CCCCCOC(=O)CCCCCOC(=O)CCCCCOC(=O)CCCCCO. The van der Waals surface area contributed by atoms with Crippen molar-refractivity contribution in [1.29, 1.82) is 0 Å². The van der Waals surface area contributed by atoms with Crippen LogP contribution in [0.3, 0.4) is 0 Å². The Bertz CT molecular complexity index is 1670. The van der Waals surface area contributed by atoms with Crippen molar-refractivity contribution in [2.45, 2.75) is 257 Å². The van der Waals surface area contributed by atoms with Crippen LogP contribution in [0.4, 0.5) is 0 Å². The normalized spacial score (nSPS) is 10.8. The predicted molar refractivity (Wildman–Crippen MR) is 298 cm³/mol. The molecule has 468 valence electrons. The van der Waals surface area contributed by atoms with Gasteiger partial charge in [-0.3, -0.25) is 47.9 Å². The van der Waals surface area contributed by atoms with E-state index in [0.717, 1.165) is 57.8 Å². The first kappa shape index (κ1) is 75.7. The Morgan fingerprint density at radius 2 is 0.321 bits per heavy atom. The summed E-state index contributed by atoms with van der Waals surface area (Å²) in [4.78, 5) is 118. The van der Waals surface area contributed by atoms with Crippen LogP contribution in [0.25, 0.3) is 0 Å². The second-order valence-electron chi connectivity index (χ2n) is 20.2. The molecule has 0 radical (unpaired) electrons. The molecule has 0 aromatic rings. The molecule has 0 saturated heterocycles. The van der Waals surface area contributed by atoms with Crippen LogP contribution in [0.5, 0.6) is 0 Å². The molecule has 0 aliphatic heterocycles. The summed E-state index contributed by atoms with van der Waals surface area (Å²) in [6.45, 7) is 2.81. The highest BCUT2D eigenvalue weighted by Crippen LogP contribution is 2.12. The fourth-order valence-electron chi connectivity index (χ4n) is 7.82. The molecule has 0 spiro atoms. The number of esters is 9. The van der Waals surface area contributed by atoms with Crippen molar-refractivity contribution in [3.05, 3.63) is 0 Å². The Morgan fingerprint density at radius 1 is 0.185 bits per heavy atom. The van der Waals surface area contributed by atoms with Gasteiger partial charge in [-0.15, -0.1) is 0 Å². The lowest BCUT2D eigenvalue weighted by molar-refractivity contribution is -0.146. The van der Waals surface area contributed by atoms with E-state index in [0.29, 0.717) is 194 Å². The molecule has 0 aliphatic rings. The third-order valence-corrected chi connectivity index (χ3v) is 12.6. The second-order valence-corrected chi connectivity index (χ2v) is 20.2. The number of unbranched alkanes of at least 4 members (excludes halogenated alkanes) is 20.